The Kier molecular flexibility index (Phi) is 7.38. The average molecular weight is 240 g/mol. The van der Waals surface area contributed by atoms with E-state index in [0.717, 1.165) is 0 Å². The second-order valence-electron chi connectivity index (χ2n) is 2.54. The summed E-state index contributed by atoms with van der Waals surface area (Å²) in [6.45, 7) is 3.25. The second kappa shape index (κ2) is 7.68. The SMILES string of the molecule is CCOOC(=O)C(F)(CCP=O)OCC. The topological polar surface area (TPSA) is 61.8 Å². The van der Waals surface area contributed by atoms with Crippen molar-refractivity contribution in [1.82, 2.24) is 0 Å². The molecule has 0 aliphatic rings. The van der Waals surface area contributed by atoms with Gasteiger partial charge in [-0.2, -0.15) is 9.28 Å². The Hall–Kier alpha value is -0.580. The monoisotopic (exact) mass is 240 g/mol. The molecule has 7 heteroatoms. The molecule has 0 bridgehead atoms. The first kappa shape index (κ1) is 14.4. The van der Waals surface area contributed by atoms with Crippen LogP contribution >= 0.6 is 8.46 Å². The Labute approximate surface area is 89.0 Å². The second-order valence-corrected chi connectivity index (χ2v) is 3.25. The van der Waals surface area contributed by atoms with Crippen LogP contribution in [0.5, 0.6) is 0 Å². The van der Waals surface area contributed by atoms with Crippen LogP contribution in [0.3, 0.4) is 0 Å². The minimum absolute atomic E-state index is 0.00741. The van der Waals surface area contributed by atoms with E-state index in [2.05, 4.69) is 14.5 Å². The fourth-order valence-electron chi connectivity index (χ4n) is 0.826. The molecule has 0 aliphatic carbocycles. The van der Waals surface area contributed by atoms with E-state index in [9.17, 15) is 13.8 Å². The molecule has 0 amide bonds. The molecule has 0 saturated heterocycles. The molecule has 0 fully saturated rings. The number of hydrogen-bond acceptors (Lipinski definition) is 5. The third-order valence-corrected chi connectivity index (χ3v) is 1.86. The van der Waals surface area contributed by atoms with Crippen molar-refractivity contribution >= 4 is 14.4 Å². The van der Waals surface area contributed by atoms with Crippen molar-refractivity contribution in [3.63, 3.8) is 0 Å². The first-order valence-corrected chi connectivity index (χ1v) is 5.56. The van der Waals surface area contributed by atoms with E-state index in [0.29, 0.717) is 0 Å². The number of rotatable bonds is 8. The van der Waals surface area contributed by atoms with Crippen LogP contribution in [0.4, 0.5) is 4.39 Å². The standard InChI is InChI=1S/C8H14FO5P/c1-3-12-8(9,5-6-15-11)7(10)14-13-4-2/h3-6H2,1-2H3. The zero-order chi connectivity index (χ0) is 11.7. The zero-order valence-corrected chi connectivity index (χ0v) is 9.59. The Balaban J connectivity index is 4.31. The van der Waals surface area contributed by atoms with Gasteiger partial charge in [-0.3, -0.25) is 9.45 Å². The molecule has 0 radical (unpaired) electrons. The third-order valence-electron chi connectivity index (χ3n) is 1.46. The van der Waals surface area contributed by atoms with E-state index in [1.165, 1.54) is 6.92 Å². The molecular formula is C8H14FO5P. The van der Waals surface area contributed by atoms with E-state index in [4.69, 9.17) is 0 Å². The van der Waals surface area contributed by atoms with E-state index in [1.807, 2.05) is 0 Å². The van der Waals surface area contributed by atoms with Crippen LogP contribution in [0.25, 0.3) is 0 Å². The zero-order valence-electron chi connectivity index (χ0n) is 8.69. The fraction of sp³-hybridized carbons (Fsp3) is 0.875. The lowest BCUT2D eigenvalue weighted by Crippen LogP contribution is -2.39. The Morgan fingerprint density at radius 1 is 1.40 bits per heavy atom. The fourth-order valence-corrected chi connectivity index (χ4v) is 1.20. The number of alkyl halides is 1. The van der Waals surface area contributed by atoms with Gasteiger partial charge in [-0.1, -0.05) is 0 Å². The lowest BCUT2D eigenvalue weighted by molar-refractivity contribution is -0.297. The van der Waals surface area contributed by atoms with E-state index in [1.54, 1.807) is 6.92 Å². The molecule has 0 aromatic carbocycles. The molecule has 0 rings (SSSR count). The maximum absolute atomic E-state index is 13.8. The van der Waals surface area contributed by atoms with Gasteiger partial charge in [0.15, 0.2) is 8.46 Å². The lowest BCUT2D eigenvalue weighted by Gasteiger charge is -2.20. The van der Waals surface area contributed by atoms with Crippen LogP contribution in [0.15, 0.2) is 0 Å². The predicted molar refractivity (Wildman–Crippen MR) is 50.3 cm³/mol. The summed E-state index contributed by atoms with van der Waals surface area (Å²) < 4.78 is 28.6. The van der Waals surface area contributed by atoms with Crippen LogP contribution in [-0.2, 0) is 23.9 Å². The molecule has 0 aromatic rings. The van der Waals surface area contributed by atoms with Crippen LogP contribution < -0.4 is 0 Å². The highest BCUT2D eigenvalue weighted by molar-refractivity contribution is 7.23. The first-order chi connectivity index (χ1) is 7.10. The van der Waals surface area contributed by atoms with Gasteiger partial charge in [0.25, 0.3) is 0 Å². The summed E-state index contributed by atoms with van der Waals surface area (Å²) >= 11 is 0. The van der Waals surface area contributed by atoms with Gasteiger partial charge in [-0.25, -0.2) is 4.79 Å². The number of carbonyl (C=O) groups excluding carboxylic acids is 1. The van der Waals surface area contributed by atoms with Gasteiger partial charge in [0.1, 0.15) is 0 Å². The minimum Gasteiger partial charge on any atom is -0.337 e. The van der Waals surface area contributed by atoms with Gasteiger partial charge < -0.3 is 4.74 Å². The summed E-state index contributed by atoms with van der Waals surface area (Å²) in [4.78, 5) is 19.6. The maximum Gasteiger partial charge on any atom is 0.406 e. The van der Waals surface area contributed by atoms with Crippen molar-refractivity contribution < 1.29 is 28.3 Å². The lowest BCUT2D eigenvalue weighted by atomic mass is 10.2. The summed E-state index contributed by atoms with van der Waals surface area (Å²) in [5, 5.41) is 0. The van der Waals surface area contributed by atoms with Gasteiger partial charge in [0.2, 0.25) is 0 Å². The molecule has 0 heterocycles. The molecule has 0 spiro atoms. The Morgan fingerprint density at radius 3 is 2.53 bits per heavy atom. The van der Waals surface area contributed by atoms with Crippen LogP contribution in [0.2, 0.25) is 0 Å². The molecule has 0 N–H and O–H groups in total. The predicted octanol–water partition coefficient (Wildman–Crippen LogP) is 1.87. The first-order valence-electron chi connectivity index (χ1n) is 4.56. The van der Waals surface area contributed by atoms with Crippen molar-refractivity contribution in [2.75, 3.05) is 19.4 Å². The molecule has 1 atom stereocenters. The molecule has 0 aliphatic heterocycles. The van der Waals surface area contributed by atoms with Crippen LogP contribution in [-0.4, -0.2) is 31.2 Å². The van der Waals surface area contributed by atoms with E-state index >= 15 is 0 Å². The van der Waals surface area contributed by atoms with Crippen molar-refractivity contribution in [1.29, 1.82) is 0 Å². The van der Waals surface area contributed by atoms with Crippen molar-refractivity contribution in [2.24, 2.45) is 0 Å². The number of carbonyl (C=O) groups is 1. The third kappa shape index (κ3) is 5.16. The average Bonchev–Trinajstić information content (AvgIpc) is 2.23. The van der Waals surface area contributed by atoms with Gasteiger partial charge in [-0.05, 0) is 13.8 Å². The molecule has 15 heavy (non-hydrogen) atoms. The van der Waals surface area contributed by atoms with Gasteiger partial charge in [-0.15, -0.1) is 0 Å². The number of ether oxygens (including phenoxy) is 1. The van der Waals surface area contributed by atoms with Crippen LogP contribution in [0, 0.1) is 0 Å². The molecule has 0 aromatic heterocycles. The molecule has 88 valence electrons. The summed E-state index contributed by atoms with van der Waals surface area (Å²) in [6.07, 6.45) is -0.366. The number of halogens is 1. The number of hydrogen-bond donors (Lipinski definition) is 0. The summed E-state index contributed by atoms with van der Waals surface area (Å²) in [5.74, 6) is -3.84. The van der Waals surface area contributed by atoms with Crippen LogP contribution in [0.1, 0.15) is 20.3 Å². The molecule has 1 unspecified atom stereocenters. The highest BCUT2D eigenvalue weighted by Crippen LogP contribution is 2.22. The molecule has 5 nitrogen and oxygen atoms in total. The smallest absolute Gasteiger partial charge is 0.337 e. The Bertz CT molecular complexity index is 213. The normalized spacial score (nSPS) is 14.9. The largest absolute Gasteiger partial charge is 0.406 e. The highest BCUT2D eigenvalue weighted by Gasteiger charge is 2.42. The summed E-state index contributed by atoms with van der Waals surface area (Å²) in [5.41, 5.74) is 0. The summed E-state index contributed by atoms with van der Waals surface area (Å²) in [7, 11) is -0.255. The van der Waals surface area contributed by atoms with E-state index < -0.39 is 11.8 Å². The Morgan fingerprint density at radius 2 is 2.07 bits per heavy atom. The molecular weight excluding hydrogens is 226 g/mol. The summed E-state index contributed by atoms with van der Waals surface area (Å²) in [6, 6.07) is 0. The van der Waals surface area contributed by atoms with Crippen molar-refractivity contribution in [3.05, 3.63) is 0 Å². The maximum atomic E-state index is 13.8. The highest BCUT2D eigenvalue weighted by atomic mass is 31.1. The van der Waals surface area contributed by atoms with Gasteiger partial charge in [0.05, 0.1) is 6.61 Å². The quantitative estimate of drug-likeness (QED) is 0.368. The van der Waals surface area contributed by atoms with Crippen molar-refractivity contribution in [3.8, 4) is 0 Å². The minimum atomic E-state index is -2.58. The van der Waals surface area contributed by atoms with E-state index in [-0.39, 0.29) is 34.3 Å². The molecule has 0 saturated carbocycles. The van der Waals surface area contributed by atoms with Gasteiger partial charge in [0, 0.05) is 19.2 Å². The van der Waals surface area contributed by atoms with Crippen molar-refractivity contribution in [2.45, 2.75) is 26.1 Å². The van der Waals surface area contributed by atoms with Gasteiger partial charge >= 0.3 is 11.8 Å².